The van der Waals surface area contributed by atoms with Gasteiger partial charge in [-0.25, -0.2) is 0 Å². The molecule has 4 heteroatoms. The molecule has 0 aromatic heterocycles. The van der Waals surface area contributed by atoms with Crippen LogP contribution in [0.15, 0.2) is 0 Å². The van der Waals surface area contributed by atoms with Crippen LogP contribution in [0.3, 0.4) is 0 Å². The first-order chi connectivity index (χ1) is 13.7. The molecule has 0 spiro atoms. The van der Waals surface area contributed by atoms with Gasteiger partial charge in [0.25, 0.3) is 0 Å². The average Bonchev–Trinajstić information content (AvgIpc) is 2.68. The van der Waals surface area contributed by atoms with Gasteiger partial charge in [-0.1, -0.05) is 129 Å². The zero-order chi connectivity index (χ0) is 20.7. The van der Waals surface area contributed by atoms with E-state index in [0.29, 0.717) is 0 Å². The van der Waals surface area contributed by atoms with Crippen LogP contribution in [0.5, 0.6) is 0 Å². The van der Waals surface area contributed by atoms with Crippen molar-refractivity contribution in [1.82, 2.24) is 0 Å². The zero-order valence-electron chi connectivity index (χ0n) is 19.3. The van der Waals surface area contributed by atoms with Crippen LogP contribution in [0.1, 0.15) is 142 Å². The molecule has 0 rings (SSSR count). The van der Waals surface area contributed by atoms with Crippen LogP contribution >= 0.6 is 18.1 Å². The van der Waals surface area contributed by atoms with Crippen LogP contribution in [-0.2, 0) is 0 Å². The van der Waals surface area contributed by atoms with Crippen LogP contribution in [0.4, 0.5) is 0 Å². The van der Waals surface area contributed by atoms with Crippen molar-refractivity contribution in [2.24, 2.45) is 0 Å². The largest absolute Gasteiger partial charge is 0.343 e. The molecular formula is C24H53O2PS. The standard InChI is InChI=1S/C24H53O2PS/c1-3-5-7-9-11-13-15-17-19-21-23-28(27(25)26)24-22-20-18-16-14-12-10-8-6-4-2/h25-26,28H,3-24H2,1-2H3. The third-order valence-corrected chi connectivity index (χ3v) is 10.7. The topological polar surface area (TPSA) is 40.5 Å². The van der Waals surface area contributed by atoms with Crippen molar-refractivity contribution >= 4 is 18.1 Å². The van der Waals surface area contributed by atoms with Crippen LogP contribution in [0, 0.1) is 0 Å². The van der Waals surface area contributed by atoms with Crippen LogP contribution in [0.2, 0.25) is 0 Å². The average molecular weight is 437 g/mol. The van der Waals surface area contributed by atoms with E-state index in [1.165, 1.54) is 128 Å². The molecule has 0 fully saturated rings. The molecule has 0 amide bonds. The fourth-order valence-electron chi connectivity index (χ4n) is 3.85. The number of hydrogen-bond acceptors (Lipinski definition) is 2. The van der Waals surface area contributed by atoms with Gasteiger partial charge in [0.05, 0.1) is 0 Å². The van der Waals surface area contributed by atoms with Gasteiger partial charge in [0, 0.05) is 0 Å². The Morgan fingerprint density at radius 1 is 0.429 bits per heavy atom. The minimum absolute atomic E-state index is 0.513. The maximum Gasteiger partial charge on any atom is 0.211 e. The summed E-state index contributed by atoms with van der Waals surface area (Å²) in [6.45, 7) is 4.55. The molecule has 0 saturated carbocycles. The summed E-state index contributed by atoms with van der Waals surface area (Å²) in [5.74, 6) is 2.17. The molecule has 2 nitrogen and oxygen atoms in total. The molecule has 0 aromatic rings. The van der Waals surface area contributed by atoms with Crippen molar-refractivity contribution in [1.29, 1.82) is 0 Å². The first kappa shape index (κ1) is 28.7. The van der Waals surface area contributed by atoms with E-state index in [4.69, 9.17) is 0 Å². The molecule has 0 unspecified atom stereocenters. The predicted molar refractivity (Wildman–Crippen MR) is 134 cm³/mol. The Hall–Kier alpha value is 0.700. The Bertz CT molecular complexity index is 266. The lowest BCUT2D eigenvalue weighted by Gasteiger charge is -2.22. The molecule has 172 valence electrons. The Morgan fingerprint density at radius 3 is 0.929 bits per heavy atom. The summed E-state index contributed by atoms with van der Waals surface area (Å²) in [6.07, 6.45) is 27.1. The Labute approximate surface area is 181 Å². The molecule has 0 aliphatic rings. The van der Waals surface area contributed by atoms with E-state index in [1.54, 1.807) is 0 Å². The predicted octanol–water partition coefficient (Wildman–Crippen LogP) is 9.04. The lowest BCUT2D eigenvalue weighted by Crippen LogP contribution is -1.95. The number of rotatable bonds is 23. The highest BCUT2D eigenvalue weighted by molar-refractivity contribution is 8.63. The van der Waals surface area contributed by atoms with Crippen LogP contribution in [-0.4, -0.2) is 21.3 Å². The highest BCUT2D eigenvalue weighted by Gasteiger charge is 2.12. The maximum absolute atomic E-state index is 9.75. The fourth-order valence-corrected chi connectivity index (χ4v) is 7.53. The normalized spacial score (nSPS) is 12.1. The summed E-state index contributed by atoms with van der Waals surface area (Å²) in [5.41, 5.74) is 0. The molecule has 0 aromatic carbocycles. The molecule has 28 heavy (non-hydrogen) atoms. The Balaban J connectivity index is 3.44. The second kappa shape index (κ2) is 24.0. The molecule has 2 N–H and O–H groups in total. The van der Waals surface area contributed by atoms with E-state index in [1.807, 2.05) is 0 Å². The summed E-state index contributed by atoms with van der Waals surface area (Å²) in [5, 5.41) is 0. The summed E-state index contributed by atoms with van der Waals surface area (Å²) in [6, 6.07) is 0. The highest BCUT2D eigenvalue weighted by atomic mass is 32.8. The monoisotopic (exact) mass is 436 g/mol. The van der Waals surface area contributed by atoms with E-state index in [-0.39, 0.29) is 0 Å². The molecule has 0 heterocycles. The van der Waals surface area contributed by atoms with Crippen molar-refractivity contribution in [2.75, 3.05) is 11.5 Å². The fraction of sp³-hybridized carbons (Fsp3) is 1.00. The Morgan fingerprint density at radius 2 is 0.679 bits per heavy atom. The number of hydrogen-bond donors (Lipinski definition) is 3. The van der Waals surface area contributed by atoms with Gasteiger partial charge in [-0.15, -0.1) is 0 Å². The van der Waals surface area contributed by atoms with Crippen molar-refractivity contribution in [3.63, 3.8) is 0 Å². The Kier molecular flexibility index (Phi) is 24.6. The smallest absolute Gasteiger partial charge is 0.211 e. The minimum atomic E-state index is -1.67. The van der Waals surface area contributed by atoms with Gasteiger partial charge >= 0.3 is 0 Å². The highest BCUT2D eigenvalue weighted by Crippen LogP contribution is 2.56. The summed E-state index contributed by atoms with van der Waals surface area (Å²) < 4.78 is 0. The van der Waals surface area contributed by atoms with E-state index < -0.39 is 18.1 Å². The maximum atomic E-state index is 9.75. The molecule has 0 radical (unpaired) electrons. The van der Waals surface area contributed by atoms with Gasteiger partial charge in [0.15, 0.2) is 0 Å². The molecule has 0 saturated heterocycles. The summed E-state index contributed by atoms with van der Waals surface area (Å²) in [7, 11) is -2.18. The second-order valence-corrected chi connectivity index (χ2v) is 13.8. The first-order valence-electron chi connectivity index (χ1n) is 12.6. The minimum Gasteiger partial charge on any atom is -0.343 e. The van der Waals surface area contributed by atoms with Crippen LogP contribution < -0.4 is 0 Å². The molecule has 0 atom stereocenters. The van der Waals surface area contributed by atoms with Crippen LogP contribution in [0.25, 0.3) is 0 Å². The van der Waals surface area contributed by atoms with E-state index in [9.17, 15) is 9.79 Å². The lowest BCUT2D eigenvalue weighted by atomic mass is 10.1. The van der Waals surface area contributed by atoms with Crippen molar-refractivity contribution in [2.45, 2.75) is 142 Å². The van der Waals surface area contributed by atoms with Gasteiger partial charge in [0.2, 0.25) is 7.58 Å². The molecule has 0 bridgehead atoms. The van der Waals surface area contributed by atoms with Crippen molar-refractivity contribution in [3.8, 4) is 0 Å². The van der Waals surface area contributed by atoms with E-state index in [2.05, 4.69) is 13.8 Å². The zero-order valence-corrected chi connectivity index (χ0v) is 21.1. The number of thiol groups is 1. The number of unbranched alkanes of at least 4 members (excludes halogenated alkanes) is 18. The van der Waals surface area contributed by atoms with Crippen molar-refractivity contribution in [3.05, 3.63) is 0 Å². The second-order valence-electron chi connectivity index (χ2n) is 8.59. The van der Waals surface area contributed by atoms with Gasteiger partial charge in [-0.3, -0.25) is 0 Å². The molecule has 0 aliphatic heterocycles. The summed E-state index contributed by atoms with van der Waals surface area (Å²) in [4.78, 5) is 19.5. The quantitative estimate of drug-likeness (QED) is 0.0849. The molecule has 0 aliphatic carbocycles. The van der Waals surface area contributed by atoms with E-state index in [0.717, 1.165) is 11.5 Å². The third-order valence-electron chi connectivity index (χ3n) is 5.79. The SMILES string of the molecule is CCCCCCCCCCCC[SH](CCCCCCCCCCCC)P(O)O. The van der Waals surface area contributed by atoms with Gasteiger partial charge in [0.1, 0.15) is 0 Å². The molecular weight excluding hydrogens is 383 g/mol. The van der Waals surface area contributed by atoms with Crippen molar-refractivity contribution < 1.29 is 9.79 Å². The third kappa shape index (κ3) is 21.4. The summed E-state index contributed by atoms with van der Waals surface area (Å²) >= 11 is 0. The van der Waals surface area contributed by atoms with Gasteiger partial charge in [-0.05, 0) is 24.3 Å². The first-order valence-corrected chi connectivity index (χ1v) is 16.3. The van der Waals surface area contributed by atoms with Gasteiger partial charge < -0.3 is 9.79 Å². The van der Waals surface area contributed by atoms with E-state index >= 15 is 0 Å². The van der Waals surface area contributed by atoms with Gasteiger partial charge in [-0.2, -0.15) is 10.5 Å². The lowest BCUT2D eigenvalue weighted by molar-refractivity contribution is 0.504.